The highest BCUT2D eigenvalue weighted by atomic mass is 16.5. The fourth-order valence-electron chi connectivity index (χ4n) is 1.38. The molecule has 2 rings (SSSR count). The number of carbonyl (C=O) groups is 1. The Balaban J connectivity index is 2.69. The van der Waals surface area contributed by atoms with E-state index in [1.54, 1.807) is 19.4 Å². The maximum Gasteiger partial charge on any atom is 0.244 e. The van der Waals surface area contributed by atoms with Crippen LogP contribution in [0.2, 0.25) is 0 Å². The van der Waals surface area contributed by atoms with Crippen LogP contribution in [0.25, 0.3) is 10.9 Å². The molecule has 72 valence electrons. The number of ether oxygens (including phenoxy) is 1. The van der Waals surface area contributed by atoms with Crippen molar-refractivity contribution in [2.45, 2.75) is 6.92 Å². The number of hydrogen-bond acceptors (Lipinski definition) is 3. The zero-order chi connectivity index (χ0) is 10.1. The summed E-state index contributed by atoms with van der Waals surface area (Å²) < 4.78 is 6.43. The molecular weight excluding hydrogens is 180 g/mol. The summed E-state index contributed by atoms with van der Waals surface area (Å²) in [4.78, 5) is 11.2. The molecule has 0 saturated carbocycles. The second-order valence-corrected chi connectivity index (χ2v) is 3.00. The van der Waals surface area contributed by atoms with Gasteiger partial charge in [-0.15, -0.1) is 0 Å². The standard InChI is InChI=1S/C10H10N2O2/c1-7(13)12-10-5-9(14-2)4-3-8(10)6-11-12/h3-6H,1-2H3. The molecule has 2 aromatic rings. The van der Waals surface area contributed by atoms with Crippen LogP contribution in [0.5, 0.6) is 5.75 Å². The predicted octanol–water partition coefficient (Wildman–Crippen LogP) is 1.70. The molecule has 0 fully saturated rings. The van der Waals surface area contributed by atoms with Gasteiger partial charge < -0.3 is 4.74 Å². The third kappa shape index (κ3) is 1.25. The van der Waals surface area contributed by atoms with Crippen molar-refractivity contribution in [1.29, 1.82) is 0 Å². The van der Waals surface area contributed by atoms with Crippen molar-refractivity contribution in [3.8, 4) is 5.75 Å². The van der Waals surface area contributed by atoms with E-state index in [-0.39, 0.29) is 5.91 Å². The summed E-state index contributed by atoms with van der Waals surface area (Å²) in [5, 5.41) is 4.91. The SMILES string of the molecule is COc1ccc2cnn(C(C)=O)c2c1. The van der Waals surface area contributed by atoms with Gasteiger partial charge in [0.05, 0.1) is 18.8 Å². The Morgan fingerprint density at radius 3 is 2.93 bits per heavy atom. The lowest BCUT2D eigenvalue weighted by molar-refractivity contribution is 0.0927. The number of rotatable bonds is 1. The molecule has 0 radical (unpaired) electrons. The highest BCUT2D eigenvalue weighted by Crippen LogP contribution is 2.20. The molecule has 1 aromatic carbocycles. The second kappa shape index (κ2) is 3.14. The van der Waals surface area contributed by atoms with Gasteiger partial charge in [0.2, 0.25) is 5.91 Å². The first-order valence-corrected chi connectivity index (χ1v) is 4.25. The third-order valence-electron chi connectivity index (χ3n) is 2.08. The van der Waals surface area contributed by atoms with E-state index in [0.717, 1.165) is 16.7 Å². The number of fused-ring (bicyclic) bond motifs is 1. The minimum atomic E-state index is -0.103. The predicted molar refractivity (Wildman–Crippen MR) is 52.6 cm³/mol. The van der Waals surface area contributed by atoms with Crippen molar-refractivity contribution in [2.75, 3.05) is 7.11 Å². The van der Waals surface area contributed by atoms with Crippen LogP contribution in [-0.4, -0.2) is 22.8 Å². The van der Waals surface area contributed by atoms with Gasteiger partial charge in [0.25, 0.3) is 0 Å². The van der Waals surface area contributed by atoms with Gasteiger partial charge in [-0.1, -0.05) is 0 Å². The number of carbonyl (C=O) groups excluding carboxylic acids is 1. The number of methoxy groups -OCH3 is 1. The topological polar surface area (TPSA) is 44.1 Å². The summed E-state index contributed by atoms with van der Waals surface area (Å²) in [5.74, 6) is 0.619. The van der Waals surface area contributed by atoms with Crippen LogP contribution in [0.15, 0.2) is 24.4 Å². The zero-order valence-corrected chi connectivity index (χ0v) is 8.02. The van der Waals surface area contributed by atoms with Crippen LogP contribution in [0.1, 0.15) is 11.7 Å². The highest BCUT2D eigenvalue weighted by molar-refractivity contribution is 5.90. The molecule has 4 nitrogen and oxygen atoms in total. The van der Waals surface area contributed by atoms with Crippen LogP contribution in [0, 0.1) is 0 Å². The molecule has 0 aliphatic heterocycles. The van der Waals surface area contributed by atoms with E-state index in [4.69, 9.17) is 4.74 Å². The van der Waals surface area contributed by atoms with Crippen molar-refractivity contribution in [1.82, 2.24) is 9.78 Å². The van der Waals surface area contributed by atoms with Crippen molar-refractivity contribution in [2.24, 2.45) is 0 Å². The molecule has 0 unspecified atom stereocenters. The average molecular weight is 190 g/mol. The summed E-state index contributed by atoms with van der Waals surface area (Å²) in [6.07, 6.45) is 1.66. The smallest absolute Gasteiger partial charge is 0.244 e. The van der Waals surface area contributed by atoms with Crippen LogP contribution in [0.4, 0.5) is 0 Å². The molecule has 0 saturated heterocycles. The van der Waals surface area contributed by atoms with Gasteiger partial charge in [0, 0.05) is 18.4 Å². The van der Waals surface area contributed by atoms with Crippen molar-refractivity contribution >= 4 is 16.8 Å². The van der Waals surface area contributed by atoms with Gasteiger partial charge in [-0.3, -0.25) is 4.79 Å². The Morgan fingerprint density at radius 1 is 1.50 bits per heavy atom. The molecular formula is C10H10N2O2. The van der Waals surface area contributed by atoms with E-state index in [0.29, 0.717) is 0 Å². The average Bonchev–Trinajstić information content (AvgIpc) is 2.59. The maximum atomic E-state index is 11.2. The van der Waals surface area contributed by atoms with Gasteiger partial charge >= 0.3 is 0 Å². The van der Waals surface area contributed by atoms with E-state index in [9.17, 15) is 4.79 Å². The summed E-state index contributed by atoms with van der Waals surface area (Å²) in [6, 6.07) is 5.51. The summed E-state index contributed by atoms with van der Waals surface area (Å²) in [6.45, 7) is 1.48. The Hall–Kier alpha value is -1.84. The summed E-state index contributed by atoms with van der Waals surface area (Å²) in [7, 11) is 1.59. The van der Waals surface area contributed by atoms with Crippen LogP contribution in [0.3, 0.4) is 0 Å². The van der Waals surface area contributed by atoms with Crippen LogP contribution < -0.4 is 4.74 Å². The van der Waals surface area contributed by atoms with Gasteiger partial charge in [-0.2, -0.15) is 5.10 Å². The number of hydrogen-bond donors (Lipinski definition) is 0. The minimum Gasteiger partial charge on any atom is -0.497 e. The van der Waals surface area contributed by atoms with Crippen LogP contribution in [-0.2, 0) is 0 Å². The Morgan fingerprint density at radius 2 is 2.29 bits per heavy atom. The Bertz CT molecular complexity index is 488. The number of aromatic nitrogens is 2. The first kappa shape index (κ1) is 8.74. The summed E-state index contributed by atoms with van der Waals surface area (Å²) >= 11 is 0. The molecule has 14 heavy (non-hydrogen) atoms. The molecule has 0 spiro atoms. The molecule has 0 N–H and O–H groups in total. The quantitative estimate of drug-likeness (QED) is 0.687. The Kier molecular flexibility index (Phi) is 1.96. The normalized spacial score (nSPS) is 10.4. The lowest BCUT2D eigenvalue weighted by atomic mass is 10.2. The molecule has 4 heteroatoms. The van der Waals surface area contributed by atoms with Gasteiger partial charge in [0.15, 0.2) is 0 Å². The van der Waals surface area contributed by atoms with Crippen LogP contribution >= 0.6 is 0 Å². The number of nitrogens with zero attached hydrogens (tertiary/aromatic N) is 2. The highest BCUT2D eigenvalue weighted by Gasteiger charge is 2.06. The van der Waals surface area contributed by atoms with Gasteiger partial charge in [0.1, 0.15) is 5.75 Å². The molecule has 0 atom stereocenters. The van der Waals surface area contributed by atoms with Crippen molar-refractivity contribution in [3.05, 3.63) is 24.4 Å². The lowest BCUT2D eigenvalue weighted by Gasteiger charge is -2.00. The fraction of sp³-hybridized carbons (Fsp3) is 0.200. The second-order valence-electron chi connectivity index (χ2n) is 3.00. The molecule has 0 aliphatic rings. The van der Waals surface area contributed by atoms with E-state index in [2.05, 4.69) is 5.10 Å². The van der Waals surface area contributed by atoms with E-state index >= 15 is 0 Å². The van der Waals surface area contributed by atoms with E-state index < -0.39 is 0 Å². The van der Waals surface area contributed by atoms with Crippen molar-refractivity contribution < 1.29 is 9.53 Å². The maximum absolute atomic E-state index is 11.2. The molecule has 1 aromatic heterocycles. The minimum absolute atomic E-state index is 0.103. The van der Waals surface area contributed by atoms with Gasteiger partial charge in [-0.05, 0) is 12.1 Å². The van der Waals surface area contributed by atoms with E-state index in [1.807, 2.05) is 12.1 Å². The fourth-order valence-corrected chi connectivity index (χ4v) is 1.38. The molecule has 0 aliphatic carbocycles. The number of benzene rings is 1. The molecule has 1 heterocycles. The lowest BCUT2D eigenvalue weighted by Crippen LogP contribution is -2.06. The molecule has 0 bridgehead atoms. The first-order valence-electron chi connectivity index (χ1n) is 4.25. The van der Waals surface area contributed by atoms with Gasteiger partial charge in [-0.25, -0.2) is 4.68 Å². The monoisotopic (exact) mass is 190 g/mol. The molecule has 0 amide bonds. The zero-order valence-electron chi connectivity index (χ0n) is 8.02. The third-order valence-corrected chi connectivity index (χ3v) is 2.08. The Labute approximate surface area is 81.1 Å². The van der Waals surface area contributed by atoms with Crippen molar-refractivity contribution in [3.63, 3.8) is 0 Å². The van der Waals surface area contributed by atoms with E-state index in [1.165, 1.54) is 11.6 Å². The largest absolute Gasteiger partial charge is 0.497 e. The summed E-state index contributed by atoms with van der Waals surface area (Å²) in [5.41, 5.74) is 0.775. The first-order chi connectivity index (χ1) is 6.72.